The summed E-state index contributed by atoms with van der Waals surface area (Å²) in [6.45, 7) is 4.91. The maximum atomic E-state index is 12.7. The van der Waals surface area contributed by atoms with E-state index in [0.717, 1.165) is 11.3 Å². The molecule has 0 spiro atoms. The van der Waals surface area contributed by atoms with Gasteiger partial charge in [0.15, 0.2) is 0 Å². The fraction of sp³-hybridized carbons (Fsp3) is 0.280. The SMILES string of the molecule is CCOC(=O)c1c(NC(=O)Cn2cccc(C)c2=O)sc(C(=O)OCCOc2ccccc2)c1C. The zero-order chi connectivity index (χ0) is 25.4. The van der Waals surface area contributed by atoms with E-state index < -0.39 is 17.8 Å². The molecule has 0 aliphatic carbocycles. The van der Waals surface area contributed by atoms with E-state index in [1.165, 1.54) is 10.8 Å². The maximum absolute atomic E-state index is 12.7. The van der Waals surface area contributed by atoms with Crippen LogP contribution in [0.2, 0.25) is 0 Å². The van der Waals surface area contributed by atoms with Crippen LogP contribution in [0.25, 0.3) is 0 Å². The largest absolute Gasteiger partial charge is 0.490 e. The lowest BCUT2D eigenvalue weighted by molar-refractivity contribution is -0.116. The number of nitrogens with one attached hydrogen (secondary N) is 1. The summed E-state index contributed by atoms with van der Waals surface area (Å²) in [5.41, 5.74) is 0.623. The van der Waals surface area contributed by atoms with Crippen LogP contribution < -0.4 is 15.6 Å². The van der Waals surface area contributed by atoms with Crippen LogP contribution in [0.4, 0.5) is 5.00 Å². The topological polar surface area (TPSA) is 113 Å². The Bertz CT molecular complexity index is 1260. The van der Waals surface area contributed by atoms with Crippen LogP contribution in [0.5, 0.6) is 5.75 Å². The molecule has 3 aromatic rings. The number of nitrogens with zero attached hydrogens (tertiary/aromatic N) is 1. The number of para-hydroxylation sites is 1. The van der Waals surface area contributed by atoms with Gasteiger partial charge in [-0.3, -0.25) is 9.59 Å². The molecule has 0 atom stereocenters. The number of ether oxygens (including phenoxy) is 3. The van der Waals surface area contributed by atoms with Crippen molar-refractivity contribution in [3.05, 3.63) is 80.6 Å². The highest BCUT2D eigenvalue weighted by atomic mass is 32.1. The van der Waals surface area contributed by atoms with Crippen molar-refractivity contribution in [3.63, 3.8) is 0 Å². The molecule has 10 heteroatoms. The molecule has 0 saturated heterocycles. The van der Waals surface area contributed by atoms with Crippen LogP contribution in [-0.2, 0) is 20.8 Å². The smallest absolute Gasteiger partial charge is 0.348 e. The van der Waals surface area contributed by atoms with Crippen molar-refractivity contribution in [1.29, 1.82) is 0 Å². The minimum absolute atomic E-state index is 0.00221. The van der Waals surface area contributed by atoms with Crippen molar-refractivity contribution >= 4 is 34.2 Å². The number of carbonyl (C=O) groups excluding carboxylic acids is 3. The summed E-state index contributed by atoms with van der Waals surface area (Å²) in [6, 6.07) is 12.4. The van der Waals surface area contributed by atoms with Gasteiger partial charge in [0.25, 0.3) is 5.56 Å². The number of thiophene rings is 1. The summed E-state index contributed by atoms with van der Waals surface area (Å²) in [5, 5.41) is 2.79. The van der Waals surface area contributed by atoms with Gasteiger partial charge in [-0.25, -0.2) is 9.59 Å². The third kappa shape index (κ3) is 6.57. The first-order chi connectivity index (χ1) is 16.8. The highest BCUT2D eigenvalue weighted by molar-refractivity contribution is 7.18. The highest BCUT2D eigenvalue weighted by Gasteiger charge is 2.27. The van der Waals surface area contributed by atoms with Crippen molar-refractivity contribution in [2.75, 3.05) is 25.1 Å². The van der Waals surface area contributed by atoms with Crippen LogP contribution in [0, 0.1) is 13.8 Å². The average molecular weight is 499 g/mol. The number of benzene rings is 1. The van der Waals surface area contributed by atoms with E-state index in [1.807, 2.05) is 18.2 Å². The van der Waals surface area contributed by atoms with Gasteiger partial charge in [0.05, 0.1) is 12.2 Å². The van der Waals surface area contributed by atoms with Crippen molar-refractivity contribution in [2.45, 2.75) is 27.3 Å². The van der Waals surface area contributed by atoms with Crippen LogP contribution in [0.3, 0.4) is 0 Å². The van der Waals surface area contributed by atoms with E-state index >= 15 is 0 Å². The molecular formula is C25H26N2O7S. The van der Waals surface area contributed by atoms with Crippen molar-refractivity contribution in [1.82, 2.24) is 4.57 Å². The summed E-state index contributed by atoms with van der Waals surface area (Å²) >= 11 is 0.914. The molecule has 0 unspecified atom stereocenters. The predicted octanol–water partition coefficient (Wildman–Crippen LogP) is 3.58. The number of anilines is 1. The fourth-order valence-electron chi connectivity index (χ4n) is 3.22. The van der Waals surface area contributed by atoms with E-state index in [4.69, 9.17) is 14.2 Å². The van der Waals surface area contributed by atoms with Crippen LogP contribution in [0.15, 0.2) is 53.5 Å². The zero-order valence-electron chi connectivity index (χ0n) is 19.7. The van der Waals surface area contributed by atoms with Gasteiger partial charge in [-0.15, -0.1) is 11.3 Å². The van der Waals surface area contributed by atoms with Crippen LogP contribution >= 0.6 is 11.3 Å². The van der Waals surface area contributed by atoms with Crippen molar-refractivity contribution in [3.8, 4) is 5.75 Å². The Balaban J connectivity index is 1.73. The lowest BCUT2D eigenvalue weighted by atomic mass is 10.1. The molecule has 0 bridgehead atoms. The minimum atomic E-state index is -0.671. The maximum Gasteiger partial charge on any atom is 0.348 e. The molecule has 2 aromatic heterocycles. The molecule has 1 N–H and O–H groups in total. The standard InChI is InChI=1S/C25H26N2O7S/c1-4-32-24(30)20-17(3)21(25(31)34-14-13-33-18-10-6-5-7-11-18)35-22(20)26-19(28)15-27-12-8-9-16(2)23(27)29/h5-12H,4,13-15H2,1-3H3,(H,26,28). The molecule has 0 aliphatic heterocycles. The Labute approximate surface area is 206 Å². The zero-order valence-corrected chi connectivity index (χ0v) is 20.5. The van der Waals surface area contributed by atoms with E-state index in [0.29, 0.717) is 16.9 Å². The normalized spacial score (nSPS) is 10.5. The lowest BCUT2D eigenvalue weighted by Gasteiger charge is -2.09. The molecule has 0 fully saturated rings. The van der Waals surface area contributed by atoms with Crippen molar-refractivity contribution < 1.29 is 28.6 Å². The van der Waals surface area contributed by atoms with E-state index in [9.17, 15) is 19.2 Å². The Morgan fingerprint density at radius 1 is 0.971 bits per heavy atom. The van der Waals surface area contributed by atoms with Crippen molar-refractivity contribution in [2.24, 2.45) is 0 Å². The van der Waals surface area contributed by atoms with E-state index in [2.05, 4.69) is 5.32 Å². The first-order valence-electron chi connectivity index (χ1n) is 10.9. The molecule has 9 nitrogen and oxygen atoms in total. The van der Waals surface area contributed by atoms with Gasteiger partial charge in [0, 0.05) is 11.8 Å². The number of esters is 2. The number of hydrogen-bond acceptors (Lipinski definition) is 8. The molecule has 184 valence electrons. The van der Waals surface area contributed by atoms with Gasteiger partial charge in [-0.1, -0.05) is 24.3 Å². The number of amides is 1. The third-order valence-electron chi connectivity index (χ3n) is 4.92. The molecule has 0 radical (unpaired) electrons. The molecular weight excluding hydrogens is 472 g/mol. The Kier molecular flexibility index (Phi) is 8.80. The van der Waals surface area contributed by atoms with Gasteiger partial charge >= 0.3 is 11.9 Å². The van der Waals surface area contributed by atoms with E-state index in [1.54, 1.807) is 45.0 Å². The van der Waals surface area contributed by atoms with E-state index in [-0.39, 0.29) is 47.4 Å². The quantitative estimate of drug-likeness (QED) is 0.336. The van der Waals surface area contributed by atoms with Gasteiger partial charge in [0.1, 0.15) is 35.4 Å². The Morgan fingerprint density at radius 2 is 1.71 bits per heavy atom. The molecule has 3 rings (SSSR count). The Morgan fingerprint density at radius 3 is 2.43 bits per heavy atom. The number of hydrogen-bond donors (Lipinski definition) is 1. The van der Waals surface area contributed by atoms with Gasteiger partial charge in [0.2, 0.25) is 5.91 Å². The van der Waals surface area contributed by atoms with Gasteiger partial charge in [-0.05, 0) is 44.5 Å². The van der Waals surface area contributed by atoms with Crippen LogP contribution in [0.1, 0.15) is 38.1 Å². The second-order valence-corrected chi connectivity index (χ2v) is 8.47. The first kappa shape index (κ1) is 25.7. The Hall–Kier alpha value is -3.92. The molecule has 1 aromatic carbocycles. The summed E-state index contributed by atoms with van der Waals surface area (Å²) in [6.07, 6.45) is 1.50. The number of aryl methyl sites for hydroxylation is 1. The first-order valence-corrected chi connectivity index (χ1v) is 11.7. The summed E-state index contributed by atoms with van der Waals surface area (Å²) in [7, 11) is 0. The monoisotopic (exact) mass is 498 g/mol. The summed E-state index contributed by atoms with van der Waals surface area (Å²) < 4.78 is 17.2. The number of rotatable bonds is 10. The third-order valence-corrected chi connectivity index (χ3v) is 6.10. The minimum Gasteiger partial charge on any atom is -0.490 e. The predicted molar refractivity (Wildman–Crippen MR) is 131 cm³/mol. The number of carbonyl (C=O) groups is 3. The average Bonchev–Trinajstić information content (AvgIpc) is 3.16. The second kappa shape index (κ2) is 12.0. The number of aromatic nitrogens is 1. The summed E-state index contributed by atoms with van der Waals surface area (Å²) in [5.74, 6) is -1.19. The fourth-order valence-corrected chi connectivity index (χ4v) is 4.33. The lowest BCUT2D eigenvalue weighted by Crippen LogP contribution is -2.28. The molecule has 0 aliphatic rings. The number of pyridine rings is 1. The second-order valence-electron chi connectivity index (χ2n) is 7.45. The molecule has 2 heterocycles. The van der Waals surface area contributed by atoms with Gasteiger partial charge in [-0.2, -0.15) is 0 Å². The van der Waals surface area contributed by atoms with Crippen LogP contribution in [-0.4, -0.2) is 42.2 Å². The molecule has 35 heavy (non-hydrogen) atoms. The molecule has 0 saturated carbocycles. The highest BCUT2D eigenvalue weighted by Crippen LogP contribution is 2.34. The van der Waals surface area contributed by atoms with Gasteiger partial charge < -0.3 is 24.1 Å². The summed E-state index contributed by atoms with van der Waals surface area (Å²) in [4.78, 5) is 50.3. The molecule has 1 amide bonds.